The summed E-state index contributed by atoms with van der Waals surface area (Å²) in [6, 6.07) is 5.68. The lowest BCUT2D eigenvalue weighted by Crippen LogP contribution is -2.18. The van der Waals surface area contributed by atoms with Crippen LogP contribution in [0.1, 0.15) is 18.3 Å². The van der Waals surface area contributed by atoms with Gasteiger partial charge in [-0.3, -0.25) is 0 Å². The minimum atomic E-state index is -0.348. The molecule has 0 N–H and O–H groups in total. The SMILES string of the molecule is COc1cccc(C2OCCCO2)c1OC. The van der Waals surface area contributed by atoms with Crippen LogP contribution in [0.4, 0.5) is 0 Å². The summed E-state index contributed by atoms with van der Waals surface area (Å²) in [7, 11) is 3.23. The molecule has 2 rings (SSSR count). The van der Waals surface area contributed by atoms with Crippen molar-refractivity contribution in [2.45, 2.75) is 12.7 Å². The van der Waals surface area contributed by atoms with Gasteiger partial charge in [0.15, 0.2) is 17.8 Å². The fourth-order valence-electron chi connectivity index (χ4n) is 1.76. The smallest absolute Gasteiger partial charge is 0.187 e. The Morgan fingerprint density at radius 2 is 1.88 bits per heavy atom. The van der Waals surface area contributed by atoms with Crippen molar-refractivity contribution >= 4 is 0 Å². The van der Waals surface area contributed by atoms with Crippen LogP contribution in [0.5, 0.6) is 11.5 Å². The van der Waals surface area contributed by atoms with Gasteiger partial charge in [-0.05, 0) is 18.6 Å². The molecule has 1 fully saturated rings. The van der Waals surface area contributed by atoms with E-state index in [2.05, 4.69) is 0 Å². The molecule has 0 spiro atoms. The minimum absolute atomic E-state index is 0.348. The van der Waals surface area contributed by atoms with E-state index in [1.165, 1.54) is 0 Å². The molecule has 1 saturated heterocycles. The largest absolute Gasteiger partial charge is 0.493 e. The van der Waals surface area contributed by atoms with Crippen molar-refractivity contribution in [2.75, 3.05) is 27.4 Å². The van der Waals surface area contributed by atoms with Crippen molar-refractivity contribution in [3.63, 3.8) is 0 Å². The maximum absolute atomic E-state index is 5.55. The average molecular weight is 224 g/mol. The summed E-state index contributed by atoms with van der Waals surface area (Å²) < 4.78 is 21.7. The third-order valence-electron chi connectivity index (χ3n) is 2.51. The van der Waals surface area contributed by atoms with Gasteiger partial charge in [0.2, 0.25) is 0 Å². The van der Waals surface area contributed by atoms with E-state index in [0.717, 1.165) is 12.0 Å². The van der Waals surface area contributed by atoms with Gasteiger partial charge < -0.3 is 18.9 Å². The predicted octanol–water partition coefficient (Wildman–Crippen LogP) is 2.14. The second-order valence-corrected chi connectivity index (χ2v) is 3.51. The van der Waals surface area contributed by atoms with E-state index < -0.39 is 0 Å². The van der Waals surface area contributed by atoms with Crippen molar-refractivity contribution in [3.05, 3.63) is 23.8 Å². The molecule has 4 heteroatoms. The maximum Gasteiger partial charge on any atom is 0.187 e. The number of hydrogen-bond acceptors (Lipinski definition) is 4. The Bertz CT molecular complexity index is 345. The standard InChI is InChI=1S/C12H16O4/c1-13-10-6-3-5-9(11(10)14-2)12-15-7-4-8-16-12/h3,5-6,12H,4,7-8H2,1-2H3. The zero-order valence-electron chi connectivity index (χ0n) is 9.56. The molecule has 0 unspecified atom stereocenters. The van der Waals surface area contributed by atoms with Gasteiger partial charge in [0.1, 0.15) is 0 Å². The van der Waals surface area contributed by atoms with Gasteiger partial charge in [0, 0.05) is 0 Å². The summed E-state index contributed by atoms with van der Waals surface area (Å²) in [5.74, 6) is 1.37. The Morgan fingerprint density at radius 3 is 2.50 bits per heavy atom. The van der Waals surface area contributed by atoms with Crippen LogP contribution in [-0.4, -0.2) is 27.4 Å². The molecule has 1 aromatic carbocycles. The zero-order valence-corrected chi connectivity index (χ0v) is 9.56. The van der Waals surface area contributed by atoms with E-state index in [9.17, 15) is 0 Å². The van der Waals surface area contributed by atoms with Crippen LogP contribution in [0.25, 0.3) is 0 Å². The van der Waals surface area contributed by atoms with E-state index >= 15 is 0 Å². The number of hydrogen-bond donors (Lipinski definition) is 0. The summed E-state index contributed by atoms with van der Waals surface area (Å²) in [6.07, 6.45) is 0.585. The van der Waals surface area contributed by atoms with Gasteiger partial charge in [-0.2, -0.15) is 0 Å². The van der Waals surface area contributed by atoms with Crippen molar-refractivity contribution in [3.8, 4) is 11.5 Å². The molecule has 1 aliphatic rings. The zero-order chi connectivity index (χ0) is 11.4. The molecule has 0 saturated carbocycles. The third kappa shape index (κ3) is 2.13. The highest BCUT2D eigenvalue weighted by molar-refractivity contribution is 5.47. The molecule has 16 heavy (non-hydrogen) atoms. The van der Waals surface area contributed by atoms with Gasteiger partial charge >= 0.3 is 0 Å². The van der Waals surface area contributed by atoms with Crippen LogP contribution in [0, 0.1) is 0 Å². The first-order valence-electron chi connectivity index (χ1n) is 5.31. The van der Waals surface area contributed by atoms with E-state index in [0.29, 0.717) is 24.7 Å². The first-order chi connectivity index (χ1) is 7.86. The summed E-state index contributed by atoms with van der Waals surface area (Å²) in [4.78, 5) is 0. The Balaban J connectivity index is 2.30. The molecule has 88 valence electrons. The summed E-state index contributed by atoms with van der Waals surface area (Å²) >= 11 is 0. The normalized spacial score (nSPS) is 17.1. The molecule has 0 amide bonds. The van der Waals surface area contributed by atoms with Crippen LogP contribution in [-0.2, 0) is 9.47 Å². The van der Waals surface area contributed by atoms with Gasteiger partial charge in [-0.15, -0.1) is 0 Å². The first kappa shape index (κ1) is 11.2. The van der Waals surface area contributed by atoms with Crippen molar-refractivity contribution in [1.29, 1.82) is 0 Å². The molecular formula is C12H16O4. The highest BCUT2D eigenvalue weighted by atomic mass is 16.7. The Kier molecular flexibility index (Phi) is 3.64. The topological polar surface area (TPSA) is 36.9 Å². The molecule has 1 heterocycles. The molecule has 0 atom stereocenters. The Hall–Kier alpha value is -1.26. The lowest BCUT2D eigenvalue weighted by molar-refractivity contribution is -0.183. The monoisotopic (exact) mass is 224 g/mol. The maximum atomic E-state index is 5.55. The second-order valence-electron chi connectivity index (χ2n) is 3.51. The Labute approximate surface area is 95.1 Å². The number of para-hydroxylation sites is 1. The van der Waals surface area contributed by atoms with Crippen molar-refractivity contribution < 1.29 is 18.9 Å². The van der Waals surface area contributed by atoms with Crippen molar-refractivity contribution in [1.82, 2.24) is 0 Å². The van der Waals surface area contributed by atoms with E-state index in [1.807, 2.05) is 18.2 Å². The molecule has 0 aliphatic carbocycles. The molecule has 4 nitrogen and oxygen atoms in total. The summed E-state index contributed by atoms with van der Waals surface area (Å²) in [6.45, 7) is 1.43. The lowest BCUT2D eigenvalue weighted by Gasteiger charge is -2.25. The van der Waals surface area contributed by atoms with Crippen LogP contribution in [0.15, 0.2) is 18.2 Å². The minimum Gasteiger partial charge on any atom is -0.493 e. The Morgan fingerprint density at radius 1 is 1.12 bits per heavy atom. The van der Waals surface area contributed by atoms with E-state index in [1.54, 1.807) is 14.2 Å². The summed E-state index contributed by atoms with van der Waals surface area (Å²) in [5, 5.41) is 0. The van der Waals surface area contributed by atoms with Gasteiger partial charge in [-0.25, -0.2) is 0 Å². The van der Waals surface area contributed by atoms with E-state index in [-0.39, 0.29) is 6.29 Å². The van der Waals surface area contributed by atoms with E-state index in [4.69, 9.17) is 18.9 Å². The predicted molar refractivity (Wildman–Crippen MR) is 58.8 cm³/mol. The number of ether oxygens (including phenoxy) is 4. The molecular weight excluding hydrogens is 208 g/mol. The van der Waals surface area contributed by atoms with Gasteiger partial charge in [0.05, 0.1) is 33.0 Å². The number of rotatable bonds is 3. The first-order valence-corrected chi connectivity index (χ1v) is 5.31. The molecule has 1 aliphatic heterocycles. The molecule has 0 bridgehead atoms. The molecule has 0 radical (unpaired) electrons. The third-order valence-corrected chi connectivity index (χ3v) is 2.51. The van der Waals surface area contributed by atoms with Crippen LogP contribution in [0.2, 0.25) is 0 Å². The highest BCUT2D eigenvalue weighted by Crippen LogP contribution is 2.37. The number of methoxy groups -OCH3 is 2. The van der Waals surface area contributed by atoms with Gasteiger partial charge in [-0.1, -0.05) is 6.07 Å². The molecule has 0 aromatic heterocycles. The highest BCUT2D eigenvalue weighted by Gasteiger charge is 2.22. The lowest BCUT2D eigenvalue weighted by atomic mass is 10.1. The number of benzene rings is 1. The summed E-state index contributed by atoms with van der Waals surface area (Å²) in [5.41, 5.74) is 0.876. The fraction of sp³-hybridized carbons (Fsp3) is 0.500. The van der Waals surface area contributed by atoms with Crippen molar-refractivity contribution in [2.24, 2.45) is 0 Å². The van der Waals surface area contributed by atoms with Gasteiger partial charge in [0.25, 0.3) is 0 Å². The second kappa shape index (κ2) is 5.18. The quantitative estimate of drug-likeness (QED) is 0.788. The van der Waals surface area contributed by atoms with Crippen LogP contribution >= 0.6 is 0 Å². The van der Waals surface area contributed by atoms with Crippen LogP contribution in [0.3, 0.4) is 0 Å². The average Bonchev–Trinajstić information content (AvgIpc) is 2.38. The molecule has 1 aromatic rings. The fourth-order valence-corrected chi connectivity index (χ4v) is 1.76. The van der Waals surface area contributed by atoms with Crippen LogP contribution < -0.4 is 9.47 Å².